The number of rotatable bonds is 4. The molecule has 1 aliphatic heterocycles. The molecule has 0 saturated heterocycles. The fraction of sp³-hybridized carbons (Fsp3) is 0.120. The maximum Gasteiger partial charge on any atom is 0.265 e. The Morgan fingerprint density at radius 1 is 1.06 bits per heavy atom. The summed E-state index contributed by atoms with van der Waals surface area (Å²) in [5, 5.41) is 6.64. The molecule has 154 valence electrons. The maximum absolute atomic E-state index is 13.1. The van der Waals surface area contributed by atoms with Gasteiger partial charge in [-0.2, -0.15) is 0 Å². The van der Waals surface area contributed by atoms with Crippen molar-refractivity contribution < 1.29 is 14.3 Å². The second-order valence-corrected chi connectivity index (χ2v) is 7.59. The average molecular weight is 411 g/mol. The van der Waals surface area contributed by atoms with E-state index in [1.807, 2.05) is 48.7 Å². The number of para-hydroxylation sites is 1. The van der Waals surface area contributed by atoms with Crippen LogP contribution in [0.15, 0.2) is 79.0 Å². The molecule has 5 rings (SSSR count). The van der Waals surface area contributed by atoms with Crippen molar-refractivity contribution in [3.8, 4) is 5.75 Å². The van der Waals surface area contributed by atoms with Crippen molar-refractivity contribution in [2.45, 2.75) is 19.6 Å². The molecule has 0 fully saturated rings. The normalized spacial score (nSPS) is 15.1. The minimum Gasteiger partial charge on any atom is -0.479 e. The second-order valence-electron chi connectivity index (χ2n) is 7.59. The Bertz CT molecular complexity index is 1290. The molecule has 4 aromatic rings. The van der Waals surface area contributed by atoms with Gasteiger partial charge in [-0.3, -0.25) is 9.59 Å². The van der Waals surface area contributed by atoms with Gasteiger partial charge in [-0.15, -0.1) is 0 Å². The summed E-state index contributed by atoms with van der Waals surface area (Å²) in [5.74, 6) is 0.170. The third-order valence-electron chi connectivity index (χ3n) is 5.40. The van der Waals surface area contributed by atoms with Crippen LogP contribution in [0.5, 0.6) is 5.75 Å². The molecule has 0 bridgehead atoms. The Hall–Kier alpha value is -4.06. The summed E-state index contributed by atoms with van der Waals surface area (Å²) >= 11 is 0. The molecule has 6 heteroatoms. The van der Waals surface area contributed by atoms with E-state index in [1.54, 1.807) is 25.1 Å². The quantitative estimate of drug-likeness (QED) is 0.513. The third kappa shape index (κ3) is 3.64. The van der Waals surface area contributed by atoms with Crippen LogP contribution in [0.1, 0.15) is 22.8 Å². The number of ether oxygens (including phenoxy) is 1. The molecule has 0 saturated carbocycles. The number of carbonyl (C=O) groups is 2. The van der Waals surface area contributed by atoms with E-state index in [2.05, 4.69) is 27.3 Å². The summed E-state index contributed by atoms with van der Waals surface area (Å²) < 4.78 is 7.66. The highest BCUT2D eigenvalue weighted by Gasteiger charge is 2.24. The zero-order valence-electron chi connectivity index (χ0n) is 17.0. The van der Waals surface area contributed by atoms with Crippen LogP contribution in [0.2, 0.25) is 0 Å². The molecular weight excluding hydrogens is 390 g/mol. The lowest BCUT2D eigenvalue weighted by atomic mass is 10.1. The number of nitrogens with zero attached hydrogens (tertiary/aromatic N) is 1. The fourth-order valence-corrected chi connectivity index (χ4v) is 3.82. The average Bonchev–Trinajstić information content (AvgIpc) is 3.14. The molecule has 1 atom stereocenters. The van der Waals surface area contributed by atoms with Gasteiger partial charge in [0.1, 0.15) is 5.75 Å². The van der Waals surface area contributed by atoms with Crippen LogP contribution in [-0.4, -0.2) is 22.5 Å². The van der Waals surface area contributed by atoms with Gasteiger partial charge in [0, 0.05) is 29.3 Å². The fourth-order valence-electron chi connectivity index (χ4n) is 3.82. The van der Waals surface area contributed by atoms with Crippen LogP contribution < -0.4 is 15.4 Å². The number of hydrogen-bond acceptors (Lipinski definition) is 3. The third-order valence-corrected chi connectivity index (χ3v) is 5.40. The van der Waals surface area contributed by atoms with Crippen molar-refractivity contribution in [1.29, 1.82) is 0 Å². The van der Waals surface area contributed by atoms with Crippen molar-refractivity contribution in [2.75, 3.05) is 10.6 Å². The molecule has 0 aliphatic carbocycles. The lowest BCUT2D eigenvalue weighted by Crippen LogP contribution is -2.34. The molecule has 1 unspecified atom stereocenters. The Morgan fingerprint density at radius 3 is 2.68 bits per heavy atom. The number of carbonyl (C=O) groups excluding carboxylic acids is 2. The van der Waals surface area contributed by atoms with Crippen LogP contribution in [-0.2, 0) is 11.3 Å². The lowest BCUT2D eigenvalue weighted by Gasteiger charge is -2.23. The first kappa shape index (κ1) is 18.9. The van der Waals surface area contributed by atoms with Crippen molar-refractivity contribution in [3.05, 3.63) is 90.1 Å². The Kier molecular flexibility index (Phi) is 4.67. The molecule has 1 aromatic heterocycles. The lowest BCUT2D eigenvalue weighted by molar-refractivity contribution is -0.122. The van der Waals surface area contributed by atoms with Gasteiger partial charge in [0.05, 0.1) is 11.3 Å². The van der Waals surface area contributed by atoms with Crippen LogP contribution >= 0.6 is 0 Å². The molecule has 2 N–H and O–H groups in total. The van der Waals surface area contributed by atoms with Gasteiger partial charge in [-0.1, -0.05) is 48.5 Å². The monoisotopic (exact) mass is 411 g/mol. The number of amides is 2. The molecule has 0 radical (unpaired) electrons. The summed E-state index contributed by atoms with van der Waals surface area (Å²) in [6.07, 6.45) is 1.35. The van der Waals surface area contributed by atoms with E-state index in [0.29, 0.717) is 29.2 Å². The molecule has 2 amide bonds. The van der Waals surface area contributed by atoms with Crippen molar-refractivity contribution in [2.24, 2.45) is 0 Å². The smallest absolute Gasteiger partial charge is 0.265 e. The van der Waals surface area contributed by atoms with Crippen LogP contribution in [0, 0.1) is 0 Å². The van der Waals surface area contributed by atoms with E-state index >= 15 is 0 Å². The number of hydrogen-bond donors (Lipinski definition) is 2. The number of aromatic nitrogens is 1. The van der Waals surface area contributed by atoms with E-state index in [1.165, 1.54) is 0 Å². The van der Waals surface area contributed by atoms with Gasteiger partial charge in [0.25, 0.3) is 11.8 Å². The van der Waals surface area contributed by atoms with E-state index in [4.69, 9.17) is 4.74 Å². The number of anilines is 2. The molecule has 2 heterocycles. The van der Waals surface area contributed by atoms with E-state index in [9.17, 15) is 9.59 Å². The molecule has 0 spiro atoms. The summed E-state index contributed by atoms with van der Waals surface area (Å²) in [4.78, 5) is 25.0. The first-order valence-corrected chi connectivity index (χ1v) is 10.1. The van der Waals surface area contributed by atoms with Crippen LogP contribution in [0.4, 0.5) is 11.4 Å². The number of nitrogens with one attached hydrogen (secondary N) is 2. The predicted octanol–water partition coefficient (Wildman–Crippen LogP) is 4.66. The molecular formula is C25H21N3O3. The van der Waals surface area contributed by atoms with Gasteiger partial charge in [0.2, 0.25) is 0 Å². The van der Waals surface area contributed by atoms with Gasteiger partial charge in [-0.25, -0.2) is 0 Å². The predicted molar refractivity (Wildman–Crippen MR) is 121 cm³/mol. The first-order chi connectivity index (χ1) is 15.1. The standard InChI is InChI=1S/C25H21N3O3/c1-16-24(29)27-21-13-18(11-12-23(21)31-16)26-25(30)20-15-28(14-17-7-3-2-4-8-17)22-10-6-5-9-19(20)22/h2-13,15-16H,14H2,1H3,(H,26,30)(H,27,29). The van der Waals surface area contributed by atoms with Gasteiger partial charge in [-0.05, 0) is 36.8 Å². The van der Waals surface area contributed by atoms with Crippen molar-refractivity contribution >= 4 is 34.1 Å². The van der Waals surface area contributed by atoms with E-state index in [-0.39, 0.29) is 11.8 Å². The Balaban J connectivity index is 1.44. The SMILES string of the molecule is CC1Oc2ccc(NC(=O)c3cn(Cc4ccccc4)c4ccccc34)cc2NC1=O. The highest BCUT2D eigenvalue weighted by Crippen LogP contribution is 2.32. The summed E-state index contributed by atoms with van der Waals surface area (Å²) in [7, 11) is 0. The van der Waals surface area contributed by atoms with Gasteiger partial charge < -0.3 is 19.9 Å². The largest absolute Gasteiger partial charge is 0.479 e. The second kappa shape index (κ2) is 7.65. The summed E-state index contributed by atoms with van der Waals surface area (Å²) in [6.45, 7) is 2.37. The van der Waals surface area contributed by atoms with Crippen molar-refractivity contribution in [1.82, 2.24) is 4.57 Å². The summed E-state index contributed by atoms with van der Waals surface area (Å²) in [6, 6.07) is 23.2. The zero-order valence-corrected chi connectivity index (χ0v) is 17.0. The topological polar surface area (TPSA) is 72.4 Å². The Labute approximate surface area is 179 Å². The van der Waals surface area contributed by atoms with Crippen molar-refractivity contribution in [3.63, 3.8) is 0 Å². The maximum atomic E-state index is 13.1. The molecule has 3 aromatic carbocycles. The number of fused-ring (bicyclic) bond motifs is 2. The van der Waals surface area contributed by atoms with E-state index < -0.39 is 6.10 Å². The van der Waals surface area contributed by atoms with Gasteiger partial charge in [0.15, 0.2) is 6.10 Å². The van der Waals surface area contributed by atoms with Gasteiger partial charge >= 0.3 is 0 Å². The number of benzene rings is 3. The first-order valence-electron chi connectivity index (χ1n) is 10.1. The highest BCUT2D eigenvalue weighted by atomic mass is 16.5. The van der Waals surface area contributed by atoms with E-state index in [0.717, 1.165) is 16.5 Å². The van der Waals surface area contributed by atoms with Crippen LogP contribution in [0.25, 0.3) is 10.9 Å². The minimum atomic E-state index is -0.538. The molecule has 1 aliphatic rings. The zero-order chi connectivity index (χ0) is 21.4. The minimum absolute atomic E-state index is 0.208. The highest BCUT2D eigenvalue weighted by molar-refractivity contribution is 6.13. The van der Waals surface area contributed by atoms with Crippen LogP contribution in [0.3, 0.4) is 0 Å². The Morgan fingerprint density at radius 2 is 1.84 bits per heavy atom. The molecule has 6 nitrogen and oxygen atoms in total. The molecule has 31 heavy (non-hydrogen) atoms. The summed E-state index contributed by atoms with van der Waals surface area (Å²) in [5.41, 5.74) is 3.89.